The number of nitrogens with zero attached hydrogens (tertiary/aromatic N) is 1. The highest BCUT2D eigenvalue weighted by atomic mass is 16.5. The van der Waals surface area contributed by atoms with E-state index in [9.17, 15) is 0 Å². The van der Waals surface area contributed by atoms with Crippen LogP contribution in [0.3, 0.4) is 0 Å². The molecule has 100 valence electrons. The molecule has 0 radical (unpaired) electrons. The lowest BCUT2D eigenvalue weighted by atomic mass is 10.2. The summed E-state index contributed by atoms with van der Waals surface area (Å²) in [5.41, 5.74) is 8.80. The standard InChI is InChI=1S/C15H19N3O/c1-11-7-8-12(9-16)15(18-11)17-10-13-5-3-4-6-14(13)19-2/h3-8H,9-10,16H2,1-2H3,(H,17,18). The second kappa shape index (κ2) is 6.20. The summed E-state index contributed by atoms with van der Waals surface area (Å²) in [4.78, 5) is 4.48. The molecule has 4 heteroatoms. The Morgan fingerprint density at radius 1 is 1.16 bits per heavy atom. The molecule has 0 atom stereocenters. The van der Waals surface area contributed by atoms with E-state index >= 15 is 0 Å². The molecule has 0 aliphatic heterocycles. The van der Waals surface area contributed by atoms with Gasteiger partial charge in [-0.1, -0.05) is 24.3 Å². The molecule has 1 aromatic carbocycles. The van der Waals surface area contributed by atoms with Crippen molar-refractivity contribution >= 4 is 5.82 Å². The minimum Gasteiger partial charge on any atom is -0.496 e. The van der Waals surface area contributed by atoms with Crippen LogP contribution in [0.2, 0.25) is 0 Å². The van der Waals surface area contributed by atoms with Crippen LogP contribution in [-0.2, 0) is 13.1 Å². The average molecular weight is 257 g/mol. The number of hydrogen-bond donors (Lipinski definition) is 2. The number of aryl methyl sites for hydroxylation is 1. The van der Waals surface area contributed by atoms with Gasteiger partial charge in [-0.25, -0.2) is 4.98 Å². The fourth-order valence-electron chi connectivity index (χ4n) is 1.93. The summed E-state index contributed by atoms with van der Waals surface area (Å²) < 4.78 is 5.33. The maximum atomic E-state index is 5.72. The maximum absolute atomic E-state index is 5.72. The summed E-state index contributed by atoms with van der Waals surface area (Å²) >= 11 is 0. The number of para-hydroxylation sites is 1. The van der Waals surface area contributed by atoms with Crippen LogP contribution in [0, 0.1) is 6.92 Å². The summed E-state index contributed by atoms with van der Waals surface area (Å²) in [6, 6.07) is 11.9. The number of benzene rings is 1. The second-order valence-electron chi connectivity index (χ2n) is 4.33. The van der Waals surface area contributed by atoms with Gasteiger partial charge in [0.25, 0.3) is 0 Å². The van der Waals surface area contributed by atoms with Gasteiger partial charge < -0.3 is 15.8 Å². The van der Waals surface area contributed by atoms with Crippen LogP contribution in [0.25, 0.3) is 0 Å². The van der Waals surface area contributed by atoms with Crippen molar-refractivity contribution in [2.24, 2.45) is 5.73 Å². The Morgan fingerprint density at radius 2 is 1.95 bits per heavy atom. The van der Waals surface area contributed by atoms with E-state index in [2.05, 4.69) is 10.3 Å². The average Bonchev–Trinajstić information content (AvgIpc) is 2.45. The number of ether oxygens (including phenoxy) is 1. The first kappa shape index (κ1) is 13.4. The van der Waals surface area contributed by atoms with Crippen molar-refractivity contribution in [2.75, 3.05) is 12.4 Å². The van der Waals surface area contributed by atoms with Gasteiger partial charge in [-0.15, -0.1) is 0 Å². The summed E-state index contributed by atoms with van der Waals surface area (Å²) in [5.74, 6) is 1.71. The number of aromatic nitrogens is 1. The highest BCUT2D eigenvalue weighted by Gasteiger charge is 2.05. The molecule has 0 amide bonds. The molecule has 0 aliphatic rings. The molecule has 2 rings (SSSR count). The van der Waals surface area contributed by atoms with Crippen molar-refractivity contribution in [3.05, 3.63) is 53.2 Å². The lowest BCUT2D eigenvalue weighted by Crippen LogP contribution is -2.08. The van der Waals surface area contributed by atoms with E-state index in [1.807, 2.05) is 43.3 Å². The van der Waals surface area contributed by atoms with Gasteiger partial charge in [0, 0.05) is 29.9 Å². The third-order valence-corrected chi connectivity index (χ3v) is 2.98. The summed E-state index contributed by atoms with van der Waals surface area (Å²) in [7, 11) is 1.68. The van der Waals surface area contributed by atoms with E-state index < -0.39 is 0 Å². The van der Waals surface area contributed by atoms with Crippen molar-refractivity contribution in [3.8, 4) is 5.75 Å². The van der Waals surface area contributed by atoms with E-state index in [-0.39, 0.29) is 0 Å². The predicted molar refractivity (Wildman–Crippen MR) is 77.2 cm³/mol. The third-order valence-electron chi connectivity index (χ3n) is 2.98. The number of methoxy groups -OCH3 is 1. The van der Waals surface area contributed by atoms with Crippen LogP contribution in [0.1, 0.15) is 16.8 Å². The Hall–Kier alpha value is -2.07. The van der Waals surface area contributed by atoms with Crippen LogP contribution in [-0.4, -0.2) is 12.1 Å². The first-order valence-corrected chi connectivity index (χ1v) is 6.27. The second-order valence-corrected chi connectivity index (χ2v) is 4.33. The van der Waals surface area contributed by atoms with Gasteiger partial charge in [0.05, 0.1) is 7.11 Å². The third kappa shape index (κ3) is 3.23. The molecule has 0 aliphatic carbocycles. The number of hydrogen-bond acceptors (Lipinski definition) is 4. The number of nitrogens with one attached hydrogen (secondary N) is 1. The smallest absolute Gasteiger partial charge is 0.131 e. The molecule has 1 heterocycles. The summed E-state index contributed by atoms with van der Waals surface area (Å²) in [6.07, 6.45) is 0. The normalized spacial score (nSPS) is 10.3. The Kier molecular flexibility index (Phi) is 4.36. The van der Waals surface area contributed by atoms with Gasteiger partial charge >= 0.3 is 0 Å². The molecular weight excluding hydrogens is 238 g/mol. The molecule has 19 heavy (non-hydrogen) atoms. The monoisotopic (exact) mass is 257 g/mol. The van der Waals surface area contributed by atoms with Crippen molar-refractivity contribution in [1.82, 2.24) is 4.98 Å². The fourth-order valence-corrected chi connectivity index (χ4v) is 1.93. The number of rotatable bonds is 5. The molecule has 3 N–H and O–H groups in total. The Bertz CT molecular complexity index is 555. The van der Waals surface area contributed by atoms with Crippen LogP contribution in [0.15, 0.2) is 36.4 Å². The van der Waals surface area contributed by atoms with Gasteiger partial charge in [-0.05, 0) is 19.1 Å². The lowest BCUT2D eigenvalue weighted by molar-refractivity contribution is 0.410. The number of nitrogens with two attached hydrogens (primary N) is 1. The fraction of sp³-hybridized carbons (Fsp3) is 0.267. The first-order valence-electron chi connectivity index (χ1n) is 6.27. The van der Waals surface area contributed by atoms with E-state index in [1.165, 1.54) is 0 Å². The van der Waals surface area contributed by atoms with Crippen molar-refractivity contribution in [2.45, 2.75) is 20.0 Å². The van der Waals surface area contributed by atoms with E-state index in [1.54, 1.807) is 7.11 Å². The first-order chi connectivity index (χ1) is 9.24. The van der Waals surface area contributed by atoms with Gasteiger partial charge in [-0.2, -0.15) is 0 Å². The molecule has 4 nitrogen and oxygen atoms in total. The van der Waals surface area contributed by atoms with E-state index in [4.69, 9.17) is 10.5 Å². The molecular formula is C15H19N3O. The topological polar surface area (TPSA) is 60.2 Å². The minimum absolute atomic E-state index is 0.474. The molecule has 1 aromatic heterocycles. The molecule has 0 spiro atoms. The predicted octanol–water partition coefficient (Wildman–Crippen LogP) is 2.47. The van der Waals surface area contributed by atoms with Gasteiger partial charge in [0.15, 0.2) is 0 Å². The highest BCUT2D eigenvalue weighted by molar-refractivity contribution is 5.46. The largest absolute Gasteiger partial charge is 0.496 e. The van der Waals surface area contributed by atoms with E-state index in [0.717, 1.165) is 28.4 Å². The van der Waals surface area contributed by atoms with Crippen molar-refractivity contribution in [3.63, 3.8) is 0 Å². The maximum Gasteiger partial charge on any atom is 0.131 e. The van der Waals surface area contributed by atoms with Crippen LogP contribution in [0.4, 0.5) is 5.82 Å². The Labute approximate surface area is 113 Å². The van der Waals surface area contributed by atoms with Gasteiger partial charge in [-0.3, -0.25) is 0 Å². The van der Waals surface area contributed by atoms with Crippen molar-refractivity contribution < 1.29 is 4.74 Å². The zero-order valence-corrected chi connectivity index (χ0v) is 11.3. The molecule has 0 saturated carbocycles. The molecule has 0 bridgehead atoms. The molecule has 2 aromatic rings. The van der Waals surface area contributed by atoms with Crippen LogP contribution in [0.5, 0.6) is 5.75 Å². The number of pyridine rings is 1. The van der Waals surface area contributed by atoms with Gasteiger partial charge in [0.1, 0.15) is 11.6 Å². The highest BCUT2D eigenvalue weighted by Crippen LogP contribution is 2.20. The molecule has 0 fully saturated rings. The van der Waals surface area contributed by atoms with Crippen LogP contribution >= 0.6 is 0 Å². The summed E-state index contributed by atoms with van der Waals surface area (Å²) in [6.45, 7) is 3.10. The summed E-state index contributed by atoms with van der Waals surface area (Å²) in [5, 5.41) is 3.32. The zero-order chi connectivity index (χ0) is 13.7. The van der Waals surface area contributed by atoms with Crippen LogP contribution < -0.4 is 15.8 Å². The Morgan fingerprint density at radius 3 is 2.68 bits per heavy atom. The lowest BCUT2D eigenvalue weighted by Gasteiger charge is -2.12. The van der Waals surface area contributed by atoms with Gasteiger partial charge in [0.2, 0.25) is 0 Å². The molecule has 0 unspecified atom stereocenters. The Balaban J connectivity index is 2.16. The number of anilines is 1. The van der Waals surface area contributed by atoms with E-state index in [0.29, 0.717) is 13.1 Å². The minimum atomic E-state index is 0.474. The quantitative estimate of drug-likeness (QED) is 0.864. The molecule has 0 saturated heterocycles. The van der Waals surface area contributed by atoms with Crippen molar-refractivity contribution in [1.29, 1.82) is 0 Å². The SMILES string of the molecule is COc1ccccc1CNc1nc(C)ccc1CN. The zero-order valence-electron chi connectivity index (χ0n) is 11.3.